The molecule has 1 atom stereocenters. The maximum atomic E-state index is 13.3. The number of carbonyl (C=O) groups excluding carboxylic acids is 3. The van der Waals surface area contributed by atoms with Gasteiger partial charge in [-0.1, -0.05) is 6.92 Å². The summed E-state index contributed by atoms with van der Waals surface area (Å²) in [6, 6.07) is 11.9. The summed E-state index contributed by atoms with van der Waals surface area (Å²) in [4.78, 5) is 49.9. The lowest BCUT2D eigenvalue weighted by atomic mass is 9.95. The Morgan fingerprint density at radius 2 is 1.63 bits per heavy atom. The molecule has 4 aromatic heterocycles. The minimum absolute atomic E-state index is 0.211. The number of esters is 2. The highest BCUT2D eigenvalue weighted by Gasteiger charge is 2.30. The van der Waals surface area contributed by atoms with Gasteiger partial charge in [0.1, 0.15) is 16.4 Å². The minimum Gasteiger partial charge on any atom is -0.463 e. The fourth-order valence-corrected chi connectivity index (χ4v) is 6.42. The van der Waals surface area contributed by atoms with Crippen molar-refractivity contribution < 1.29 is 32.7 Å². The van der Waals surface area contributed by atoms with Gasteiger partial charge in [-0.15, -0.1) is 11.3 Å². The Bertz CT molecular complexity index is 1790. The van der Waals surface area contributed by atoms with Gasteiger partial charge in [-0.25, -0.2) is 19.6 Å². The number of fused-ring (bicyclic) bond motifs is 2. The number of amides is 1. The van der Waals surface area contributed by atoms with Gasteiger partial charge >= 0.3 is 11.9 Å². The van der Waals surface area contributed by atoms with Crippen LogP contribution in [0.2, 0.25) is 0 Å². The first-order valence-corrected chi connectivity index (χ1v) is 15.0. The monoisotopic (exact) mass is 599 g/mol. The highest BCUT2D eigenvalue weighted by molar-refractivity contribution is 7.17. The van der Waals surface area contributed by atoms with E-state index in [2.05, 4.69) is 5.32 Å². The lowest BCUT2D eigenvalue weighted by molar-refractivity contribution is -0.124. The standard InChI is InChI=1S/C32H29N3O7S/c1-3-22(29(36)35-30-26(32(38)39-4-2)19-9-5-6-12-25(19)43-30)42-31(37)18-13-14-20-21(17-18)34-28(24-11-8-16-41-24)27(33-20)23-10-7-15-40-23/h7-8,10-11,13-17,22H,3-6,9,12H2,1-2H3,(H,35,36). The van der Waals surface area contributed by atoms with E-state index >= 15 is 0 Å². The van der Waals surface area contributed by atoms with E-state index in [0.717, 1.165) is 36.1 Å². The largest absolute Gasteiger partial charge is 0.463 e. The van der Waals surface area contributed by atoms with Crippen molar-refractivity contribution in [1.82, 2.24) is 9.97 Å². The zero-order valence-corrected chi connectivity index (χ0v) is 24.5. The molecule has 1 N–H and O–H groups in total. The molecule has 6 rings (SSSR count). The van der Waals surface area contributed by atoms with Crippen molar-refractivity contribution in [3.8, 4) is 22.9 Å². The van der Waals surface area contributed by atoms with Crippen LogP contribution in [0.4, 0.5) is 5.00 Å². The molecule has 1 aliphatic rings. The molecule has 11 heteroatoms. The number of furan rings is 2. The predicted octanol–water partition coefficient (Wildman–Crippen LogP) is 6.84. The molecule has 4 heterocycles. The van der Waals surface area contributed by atoms with E-state index in [9.17, 15) is 14.4 Å². The molecule has 220 valence electrons. The van der Waals surface area contributed by atoms with Crippen LogP contribution in [0.25, 0.3) is 33.9 Å². The van der Waals surface area contributed by atoms with Crippen molar-refractivity contribution in [2.24, 2.45) is 0 Å². The zero-order valence-electron chi connectivity index (χ0n) is 23.7. The summed E-state index contributed by atoms with van der Waals surface area (Å²) >= 11 is 1.39. The van der Waals surface area contributed by atoms with Crippen LogP contribution in [0.3, 0.4) is 0 Å². The van der Waals surface area contributed by atoms with E-state index in [1.54, 1.807) is 62.6 Å². The molecule has 1 aromatic carbocycles. The molecule has 1 aliphatic carbocycles. The number of rotatable bonds is 9. The van der Waals surface area contributed by atoms with Crippen LogP contribution in [0.1, 0.15) is 64.3 Å². The van der Waals surface area contributed by atoms with Crippen molar-refractivity contribution in [1.29, 1.82) is 0 Å². The maximum absolute atomic E-state index is 13.3. The molecule has 43 heavy (non-hydrogen) atoms. The van der Waals surface area contributed by atoms with Gasteiger partial charge in [-0.3, -0.25) is 4.79 Å². The summed E-state index contributed by atoms with van der Waals surface area (Å²) in [6.07, 6.45) is 5.86. The number of benzene rings is 1. The Kier molecular flexibility index (Phi) is 8.06. The van der Waals surface area contributed by atoms with Gasteiger partial charge in [0.15, 0.2) is 17.6 Å². The highest BCUT2D eigenvalue weighted by Crippen LogP contribution is 2.39. The Morgan fingerprint density at radius 1 is 0.930 bits per heavy atom. The molecule has 1 unspecified atom stereocenters. The number of aryl methyl sites for hydroxylation is 1. The minimum atomic E-state index is -1.08. The fourth-order valence-electron chi connectivity index (χ4n) is 5.14. The Balaban J connectivity index is 1.24. The number of nitrogens with zero attached hydrogens (tertiary/aromatic N) is 2. The number of thiophene rings is 1. The summed E-state index contributed by atoms with van der Waals surface area (Å²) in [5, 5.41) is 3.28. The molecule has 0 spiro atoms. The van der Waals surface area contributed by atoms with E-state index < -0.39 is 23.9 Å². The third-order valence-corrected chi connectivity index (χ3v) is 8.42. The van der Waals surface area contributed by atoms with Crippen molar-refractivity contribution in [3.63, 3.8) is 0 Å². The van der Waals surface area contributed by atoms with Gasteiger partial charge in [-0.05, 0) is 87.1 Å². The van der Waals surface area contributed by atoms with Crippen LogP contribution in [-0.4, -0.2) is 40.5 Å². The maximum Gasteiger partial charge on any atom is 0.341 e. The number of hydrogen-bond donors (Lipinski definition) is 1. The molecule has 10 nitrogen and oxygen atoms in total. The van der Waals surface area contributed by atoms with Gasteiger partial charge in [0.25, 0.3) is 5.91 Å². The quantitative estimate of drug-likeness (QED) is 0.181. The first-order valence-electron chi connectivity index (χ1n) is 14.2. The van der Waals surface area contributed by atoms with Crippen LogP contribution in [0, 0.1) is 0 Å². The van der Waals surface area contributed by atoms with Crippen LogP contribution >= 0.6 is 11.3 Å². The van der Waals surface area contributed by atoms with Crippen LogP contribution in [0.5, 0.6) is 0 Å². The van der Waals surface area contributed by atoms with Crippen molar-refractivity contribution in [2.45, 2.75) is 52.1 Å². The second-order valence-corrected chi connectivity index (χ2v) is 11.1. The van der Waals surface area contributed by atoms with E-state index in [1.807, 2.05) is 0 Å². The Hall–Kier alpha value is -4.77. The number of hydrogen-bond acceptors (Lipinski definition) is 10. The van der Waals surface area contributed by atoms with Crippen LogP contribution in [0.15, 0.2) is 63.8 Å². The lowest BCUT2D eigenvalue weighted by Crippen LogP contribution is -2.32. The van der Waals surface area contributed by atoms with E-state index in [0.29, 0.717) is 44.5 Å². The normalized spacial score (nSPS) is 13.3. The molecule has 0 radical (unpaired) electrons. The lowest BCUT2D eigenvalue weighted by Gasteiger charge is -2.16. The van der Waals surface area contributed by atoms with Crippen LogP contribution < -0.4 is 5.32 Å². The highest BCUT2D eigenvalue weighted by atomic mass is 32.1. The predicted molar refractivity (Wildman–Crippen MR) is 160 cm³/mol. The molecule has 0 aliphatic heterocycles. The second kappa shape index (κ2) is 12.2. The topological polar surface area (TPSA) is 134 Å². The smallest absolute Gasteiger partial charge is 0.341 e. The van der Waals surface area contributed by atoms with Gasteiger partial charge in [0.05, 0.1) is 41.3 Å². The number of aromatic nitrogens is 2. The summed E-state index contributed by atoms with van der Waals surface area (Å²) in [5.41, 5.74) is 3.50. The average molecular weight is 600 g/mol. The van der Waals surface area contributed by atoms with E-state index in [4.69, 9.17) is 28.3 Å². The Labute approximate surface area is 251 Å². The Morgan fingerprint density at radius 3 is 2.28 bits per heavy atom. The zero-order chi connectivity index (χ0) is 29.9. The molecule has 0 fully saturated rings. The molecule has 0 saturated heterocycles. The van der Waals surface area contributed by atoms with E-state index in [1.165, 1.54) is 17.6 Å². The van der Waals surface area contributed by atoms with E-state index in [-0.39, 0.29) is 18.6 Å². The summed E-state index contributed by atoms with van der Waals surface area (Å²) in [7, 11) is 0. The summed E-state index contributed by atoms with van der Waals surface area (Å²) in [6.45, 7) is 3.73. The number of nitrogens with one attached hydrogen (secondary N) is 1. The summed E-state index contributed by atoms with van der Waals surface area (Å²) < 4.78 is 22.1. The number of anilines is 1. The van der Waals surface area contributed by atoms with Gasteiger partial charge in [0.2, 0.25) is 0 Å². The van der Waals surface area contributed by atoms with Crippen molar-refractivity contribution in [3.05, 3.63) is 76.6 Å². The molecule has 0 saturated carbocycles. The molecular weight excluding hydrogens is 570 g/mol. The molecule has 0 bridgehead atoms. The number of carbonyl (C=O) groups is 3. The first-order chi connectivity index (χ1) is 21.0. The van der Waals surface area contributed by atoms with Crippen molar-refractivity contribution >= 4 is 45.2 Å². The fraction of sp³-hybridized carbons (Fsp3) is 0.281. The molecule has 1 amide bonds. The SMILES string of the molecule is CCOC(=O)c1c(NC(=O)C(CC)OC(=O)c2ccc3nc(-c4ccco4)c(-c4ccco4)nc3c2)sc2c1CCCC2. The van der Waals surface area contributed by atoms with Crippen LogP contribution in [-0.2, 0) is 27.1 Å². The van der Waals surface area contributed by atoms with Crippen molar-refractivity contribution in [2.75, 3.05) is 11.9 Å². The second-order valence-electron chi connectivity index (χ2n) is 10.0. The first kappa shape index (κ1) is 28.4. The van der Waals surface area contributed by atoms with Gasteiger partial charge < -0.3 is 23.6 Å². The summed E-state index contributed by atoms with van der Waals surface area (Å²) in [5.74, 6) is -0.628. The number of ether oxygens (including phenoxy) is 2. The molecule has 5 aromatic rings. The van der Waals surface area contributed by atoms with Gasteiger partial charge in [0, 0.05) is 4.88 Å². The molecular formula is C32H29N3O7S. The average Bonchev–Trinajstić information content (AvgIpc) is 3.80. The third-order valence-electron chi connectivity index (χ3n) is 7.21. The van der Waals surface area contributed by atoms with Gasteiger partial charge in [-0.2, -0.15) is 0 Å². The third kappa shape index (κ3) is 5.68.